The fraction of sp³-hybridized carbons (Fsp3) is 0.182. The van der Waals surface area contributed by atoms with Crippen molar-refractivity contribution in [1.29, 1.82) is 5.26 Å². The van der Waals surface area contributed by atoms with E-state index in [1.165, 1.54) is 18.2 Å². The fourth-order valence-electron chi connectivity index (χ4n) is 1.19. The van der Waals surface area contributed by atoms with Crippen LogP contribution in [0.5, 0.6) is 0 Å². The maximum Gasteiger partial charge on any atom is 0.246 e. The highest BCUT2D eigenvalue weighted by Crippen LogP contribution is 2.14. The topological polar surface area (TPSA) is 66.9 Å². The first-order valence-corrected chi connectivity index (χ1v) is 4.63. The number of nitro groups is 1. The maximum absolute atomic E-state index is 13.0. The lowest BCUT2D eigenvalue weighted by atomic mass is 10.1. The van der Waals surface area contributed by atoms with Gasteiger partial charge in [-0.2, -0.15) is 5.26 Å². The van der Waals surface area contributed by atoms with E-state index in [4.69, 9.17) is 5.26 Å². The second-order valence-electron chi connectivity index (χ2n) is 3.10. The summed E-state index contributed by atoms with van der Waals surface area (Å²) in [5, 5.41) is 19.2. The minimum Gasteiger partial charge on any atom is -0.259 e. The molecule has 0 heterocycles. The number of halogens is 1. The van der Waals surface area contributed by atoms with Crippen LogP contribution in [-0.4, -0.2) is 4.92 Å². The van der Waals surface area contributed by atoms with Crippen LogP contribution < -0.4 is 0 Å². The monoisotopic (exact) mass is 220 g/mol. The molecule has 82 valence electrons. The van der Waals surface area contributed by atoms with Crippen LogP contribution in [0.3, 0.4) is 0 Å². The maximum atomic E-state index is 13.0. The van der Waals surface area contributed by atoms with E-state index in [1.807, 2.05) is 0 Å². The summed E-state index contributed by atoms with van der Waals surface area (Å²) in [6, 6.07) is 5.49. The summed E-state index contributed by atoms with van der Waals surface area (Å²) in [4.78, 5) is 10.1. The first kappa shape index (κ1) is 11.9. The first-order valence-electron chi connectivity index (χ1n) is 4.63. The van der Waals surface area contributed by atoms with Crippen molar-refractivity contribution in [1.82, 2.24) is 0 Å². The summed E-state index contributed by atoms with van der Waals surface area (Å²) in [6.45, 7) is 1.66. The Morgan fingerprint density at radius 3 is 2.88 bits per heavy atom. The largest absolute Gasteiger partial charge is 0.259 e. The van der Waals surface area contributed by atoms with Gasteiger partial charge in [-0.05, 0) is 17.7 Å². The Balaban J connectivity index is 3.16. The van der Waals surface area contributed by atoms with E-state index >= 15 is 0 Å². The van der Waals surface area contributed by atoms with Gasteiger partial charge in [0.15, 0.2) is 0 Å². The second kappa shape index (κ2) is 5.03. The molecular formula is C11H9FN2O2. The van der Waals surface area contributed by atoms with Crippen LogP contribution in [0.4, 0.5) is 4.39 Å². The zero-order chi connectivity index (χ0) is 12.1. The van der Waals surface area contributed by atoms with E-state index in [-0.39, 0.29) is 17.7 Å². The highest BCUT2D eigenvalue weighted by atomic mass is 19.1. The van der Waals surface area contributed by atoms with E-state index < -0.39 is 10.7 Å². The summed E-state index contributed by atoms with van der Waals surface area (Å²) in [5.41, 5.74) is 0.356. The normalized spacial score (nSPS) is 10.9. The van der Waals surface area contributed by atoms with Crippen molar-refractivity contribution in [2.24, 2.45) is 0 Å². The van der Waals surface area contributed by atoms with Crippen LogP contribution in [0.25, 0.3) is 6.08 Å². The molecule has 1 rings (SSSR count). The highest BCUT2D eigenvalue weighted by Gasteiger charge is 2.08. The third-order valence-corrected chi connectivity index (χ3v) is 2.04. The van der Waals surface area contributed by atoms with Crippen LogP contribution in [0.2, 0.25) is 0 Å². The van der Waals surface area contributed by atoms with Gasteiger partial charge in [-0.25, -0.2) is 4.39 Å². The van der Waals surface area contributed by atoms with Crippen molar-refractivity contribution < 1.29 is 9.31 Å². The molecule has 0 radical (unpaired) electrons. The van der Waals surface area contributed by atoms with Gasteiger partial charge in [0.05, 0.1) is 10.5 Å². The molecule has 1 aromatic rings. The van der Waals surface area contributed by atoms with Gasteiger partial charge >= 0.3 is 0 Å². The number of nitriles is 1. The molecule has 0 aliphatic heterocycles. The zero-order valence-corrected chi connectivity index (χ0v) is 8.61. The van der Waals surface area contributed by atoms with Gasteiger partial charge in [-0.1, -0.05) is 13.0 Å². The molecule has 4 nitrogen and oxygen atoms in total. The molecule has 0 saturated heterocycles. The molecular weight excluding hydrogens is 211 g/mol. The molecule has 0 fully saturated rings. The molecule has 16 heavy (non-hydrogen) atoms. The number of rotatable bonds is 3. The lowest BCUT2D eigenvalue weighted by molar-refractivity contribution is -0.425. The van der Waals surface area contributed by atoms with E-state index in [0.29, 0.717) is 5.56 Å². The number of hydrogen-bond acceptors (Lipinski definition) is 3. The average molecular weight is 220 g/mol. The van der Waals surface area contributed by atoms with Gasteiger partial charge in [0.2, 0.25) is 5.70 Å². The Bertz CT molecular complexity index is 489. The van der Waals surface area contributed by atoms with Gasteiger partial charge in [0.1, 0.15) is 11.9 Å². The second-order valence-corrected chi connectivity index (χ2v) is 3.10. The summed E-state index contributed by atoms with van der Waals surface area (Å²) >= 11 is 0. The predicted octanol–water partition coefficient (Wildman–Crippen LogP) is 2.72. The SMILES string of the molecule is CC/C(=C/c1ccc(F)c(C#N)c1)[N+](=O)[O-]. The molecule has 0 amide bonds. The Labute approximate surface area is 91.8 Å². The summed E-state index contributed by atoms with van der Waals surface area (Å²) in [7, 11) is 0. The Morgan fingerprint density at radius 2 is 2.38 bits per heavy atom. The number of allylic oxidation sites excluding steroid dienone is 1. The van der Waals surface area contributed by atoms with Crippen molar-refractivity contribution in [3.63, 3.8) is 0 Å². The van der Waals surface area contributed by atoms with E-state index in [1.54, 1.807) is 13.0 Å². The van der Waals surface area contributed by atoms with Gasteiger partial charge in [0, 0.05) is 12.5 Å². The smallest absolute Gasteiger partial charge is 0.246 e. The van der Waals surface area contributed by atoms with Crippen molar-refractivity contribution in [2.45, 2.75) is 13.3 Å². The quantitative estimate of drug-likeness (QED) is 0.581. The number of nitrogens with zero attached hydrogens (tertiary/aromatic N) is 2. The van der Waals surface area contributed by atoms with E-state index in [2.05, 4.69) is 0 Å². The molecule has 0 N–H and O–H groups in total. The van der Waals surface area contributed by atoms with Crippen LogP contribution >= 0.6 is 0 Å². The third-order valence-electron chi connectivity index (χ3n) is 2.04. The van der Waals surface area contributed by atoms with Crippen molar-refractivity contribution in [2.75, 3.05) is 0 Å². The zero-order valence-electron chi connectivity index (χ0n) is 8.61. The average Bonchev–Trinajstić information content (AvgIpc) is 2.27. The van der Waals surface area contributed by atoms with Gasteiger partial charge < -0.3 is 0 Å². The van der Waals surface area contributed by atoms with Crippen LogP contribution in [0.1, 0.15) is 24.5 Å². The molecule has 0 aromatic heterocycles. The Hall–Kier alpha value is -2.22. The first-order chi connectivity index (χ1) is 7.58. The third kappa shape index (κ3) is 2.64. The van der Waals surface area contributed by atoms with Crippen molar-refractivity contribution in [3.05, 3.63) is 51.0 Å². The molecule has 0 aliphatic rings. The van der Waals surface area contributed by atoms with Crippen LogP contribution in [0, 0.1) is 27.3 Å². The standard InChI is InChI=1S/C11H9FN2O2/c1-2-10(14(15)16)6-8-3-4-11(12)9(5-8)7-13/h3-6H,2H2,1H3/b10-6-. The van der Waals surface area contributed by atoms with E-state index in [9.17, 15) is 14.5 Å². The van der Waals surface area contributed by atoms with Crippen LogP contribution in [0.15, 0.2) is 23.9 Å². The van der Waals surface area contributed by atoms with Gasteiger partial charge in [0.25, 0.3) is 0 Å². The fourth-order valence-corrected chi connectivity index (χ4v) is 1.19. The summed E-state index contributed by atoms with van der Waals surface area (Å²) in [5.74, 6) is -0.626. The predicted molar refractivity (Wildman–Crippen MR) is 56.4 cm³/mol. The highest BCUT2D eigenvalue weighted by molar-refractivity contribution is 5.54. The molecule has 0 bridgehead atoms. The molecule has 0 atom stereocenters. The Kier molecular flexibility index (Phi) is 3.72. The molecule has 0 unspecified atom stereocenters. The van der Waals surface area contributed by atoms with Gasteiger partial charge in [-0.15, -0.1) is 0 Å². The number of hydrogen-bond donors (Lipinski definition) is 0. The minimum absolute atomic E-state index is 0.0236. The summed E-state index contributed by atoms with van der Waals surface area (Å²) < 4.78 is 13.0. The van der Waals surface area contributed by atoms with Crippen molar-refractivity contribution in [3.8, 4) is 6.07 Å². The molecule has 0 aliphatic carbocycles. The molecule has 1 aromatic carbocycles. The van der Waals surface area contributed by atoms with Crippen molar-refractivity contribution >= 4 is 6.08 Å². The van der Waals surface area contributed by atoms with E-state index in [0.717, 1.165) is 6.07 Å². The Morgan fingerprint density at radius 1 is 1.69 bits per heavy atom. The van der Waals surface area contributed by atoms with Gasteiger partial charge in [-0.3, -0.25) is 10.1 Å². The summed E-state index contributed by atoms with van der Waals surface area (Å²) in [6.07, 6.45) is 1.60. The minimum atomic E-state index is -0.626. The number of benzene rings is 1. The lowest BCUT2D eigenvalue weighted by Gasteiger charge is -1.97. The molecule has 0 saturated carbocycles. The lowest BCUT2D eigenvalue weighted by Crippen LogP contribution is -1.96. The molecule has 0 spiro atoms. The molecule has 5 heteroatoms. The van der Waals surface area contributed by atoms with Crippen LogP contribution in [-0.2, 0) is 0 Å².